The van der Waals surface area contributed by atoms with Gasteiger partial charge >= 0.3 is 0 Å². The average Bonchev–Trinajstić information content (AvgIpc) is 3.26. The maximum Gasteiger partial charge on any atom is 0.237 e. The quantitative estimate of drug-likeness (QED) is 0.124. The number of hydrogen-bond donors (Lipinski definition) is 1. The largest absolute Gasteiger partial charge is 0.489 e. The molecule has 1 N–H and O–H groups in total. The van der Waals surface area contributed by atoms with Crippen molar-refractivity contribution in [3.05, 3.63) is 176 Å². The van der Waals surface area contributed by atoms with Gasteiger partial charge in [-0.05, 0) is 121 Å². The Kier molecular flexibility index (Phi) is 12.4. The molecule has 0 spiro atoms. The second-order valence-corrected chi connectivity index (χ2v) is 15.9. The van der Waals surface area contributed by atoms with E-state index in [0.29, 0.717) is 60.7 Å². The normalized spacial score (nSPS) is 16.5. The molecule has 0 bridgehead atoms. The van der Waals surface area contributed by atoms with Crippen molar-refractivity contribution in [2.75, 3.05) is 13.2 Å². The Bertz CT molecular complexity index is 2410. The molecule has 2 aliphatic heterocycles. The van der Waals surface area contributed by atoms with Crippen molar-refractivity contribution in [1.82, 2.24) is 15.2 Å². The van der Waals surface area contributed by atoms with Crippen LogP contribution in [0.4, 0.5) is 0 Å². The Morgan fingerprint density at radius 3 is 2.37 bits per heavy atom. The van der Waals surface area contributed by atoms with Gasteiger partial charge in [0, 0.05) is 36.6 Å². The molecule has 5 aromatic carbocycles. The number of amides is 1. The third-order valence-corrected chi connectivity index (χ3v) is 12.0. The van der Waals surface area contributed by atoms with E-state index in [1.54, 1.807) is 12.3 Å². The highest BCUT2D eigenvalue weighted by atomic mass is 35.5. The van der Waals surface area contributed by atoms with Crippen molar-refractivity contribution in [2.24, 2.45) is 0 Å². The molecular formula is C49H47Cl2N3O5. The minimum atomic E-state index is -0.358. The van der Waals surface area contributed by atoms with Crippen LogP contribution in [-0.4, -0.2) is 35.0 Å². The predicted molar refractivity (Wildman–Crippen MR) is 232 cm³/mol. The van der Waals surface area contributed by atoms with Gasteiger partial charge in [-0.25, -0.2) is 0 Å². The molecule has 1 aromatic heterocycles. The molecule has 3 heterocycles. The highest BCUT2D eigenvalue weighted by molar-refractivity contribution is 6.42. The number of halogens is 2. The molecule has 8 nitrogen and oxygen atoms in total. The number of rotatable bonds is 13. The summed E-state index contributed by atoms with van der Waals surface area (Å²) in [7, 11) is 0. The smallest absolute Gasteiger partial charge is 0.237 e. The number of ether oxygens (including phenoxy) is 4. The number of carbonyl (C=O) groups excluding carboxylic acids is 1. The Morgan fingerprint density at radius 1 is 0.864 bits per heavy atom. The van der Waals surface area contributed by atoms with Crippen molar-refractivity contribution < 1.29 is 23.7 Å². The molecule has 3 unspecified atom stereocenters. The number of carbonyl (C=O) groups is 1. The monoisotopic (exact) mass is 827 g/mol. The first kappa shape index (κ1) is 40.2. The summed E-state index contributed by atoms with van der Waals surface area (Å²) in [5.74, 6) is 3.73. The van der Waals surface area contributed by atoms with Gasteiger partial charge in [0.25, 0.3) is 0 Å². The number of aryl methyl sites for hydroxylation is 1. The Labute approximate surface area is 356 Å². The summed E-state index contributed by atoms with van der Waals surface area (Å²) in [6.45, 7) is 8.04. The highest BCUT2D eigenvalue weighted by Crippen LogP contribution is 2.42. The van der Waals surface area contributed by atoms with Crippen LogP contribution in [0.15, 0.2) is 121 Å². The van der Waals surface area contributed by atoms with Gasteiger partial charge in [0.2, 0.25) is 5.91 Å². The van der Waals surface area contributed by atoms with Crippen LogP contribution in [0.5, 0.6) is 28.7 Å². The molecule has 0 saturated carbocycles. The number of nitrogens with zero attached hydrogens (tertiary/aromatic N) is 2. The number of aromatic nitrogens is 1. The fourth-order valence-electron chi connectivity index (χ4n) is 7.84. The van der Waals surface area contributed by atoms with Crippen molar-refractivity contribution >= 4 is 29.1 Å². The maximum atomic E-state index is 14.2. The van der Waals surface area contributed by atoms with E-state index in [0.717, 1.165) is 62.7 Å². The lowest BCUT2D eigenvalue weighted by molar-refractivity contribution is -0.128. The van der Waals surface area contributed by atoms with Crippen molar-refractivity contribution in [1.29, 1.82) is 0 Å². The predicted octanol–water partition coefficient (Wildman–Crippen LogP) is 11.1. The van der Waals surface area contributed by atoms with Crippen LogP contribution >= 0.6 is 23.2 Å². The summed E-state index contributed by atoms with van der Waals surface area (Å²) in [6, 6.07) is 37.6. The first-order chi connectivity index (χ1) is 28.7. The molecule has 1 amide bonds. The molecule has 2 aliphatic rings. The van der Waals surface area contributed by atoms with E-state index >= 15 is 0 Å². The topological polar surface area (TPSA) is 82.2 Å². The summed E-state index contributed by atoms with van der Waals surface area (Å²) in [6.07, 6.45) is 3.60. The molecule has 6 aromatic rings. The second kappa shape index (κ2) is 18.2. The van der Waals surface area contributed by atoms with Crippen LogP contribution in [-0.2, 0) is 30.8 Å². The van der Waals surface area contributed by atoms with Crippen molar-refractivity contribution in [3.8, 4) is 28.7 Å². The van der Waals surface area contributed by atoms with Crippen LogP contribution < -0.4 is 24.3 Å². The molecule has 59 heavy (non-hydrogen) atoms. The van der Waals surface area contributed by atoms with Gasteiger partial charge in [0.05, 0.1) is 16.1 Å². The van der Waals surface area contributed by atoms with Gasteiger partial charge in [-0.1, -0.05) is 90.8 Å². The van der Waals surface area contributed by atoms with Crippen LogP contribution in [0.25, 0.3) is 0 Å². The zero-order valence-corrected chi connectivity index (χ0v) is 34.9. The van der Waals surface area contributed by atoms with Gasteiger partial charge in [-0.3, -0.25) is 14.7 Å². The molecule has 0 saturated heterocycles. The van der Waals surface area contributed by atoms with Gasteiger partial charge in [0.1, 0.15) is 30.5 Å². The Balaban J connectivity index is 0.937. The van der Waals surface area contributed by atoms with E-state index in [1.807, 2.05) is 74.5 Å². The molecule has 0 radical (unpaired) electrons. The van der Waals surface area contributed by atoms with Crippen LogP contribution in [0.3, 0.4) is 0 Å². The lowest BCUT2D eigenvalue weighted by Crippen LogP contribution is -2.51. The fraction of sp³-hybridized carbons (Fsp3) is 0.265. The molecule has 8 rings (SSSR count). The zero-order valence-electron chi connectivity index (χ0n) is 33.4. The van der Waals surface area contributed by atoms with Gasteiger partial charge in [-0.2, -0.15) is 0 Å². The summed E-state index contributed by atoms with van der Waals surface area (Å²) < 4.78 is 25.1. The number of hydrogen-bond acceptors (Lipinski definition) is 7. The summed E-state index contributed by atoms with van der Waals surface area (Å²) in [5, 5.41) is 4.30. The highest BCUT2D eigenvalue weighted by Gasteiger charge is 2.37. The third kappa shape index (κ3) is 9.36. The first-order valence-corrected chi connectivity index (χ1v) is 20.9. The van der Waals surface area contributed by atoms with E-state index in [4.69, 9.17) is 42.1 Å². The Morgan fingerprint density at radius 2 is 1.61 bits per heavy atom. The van der Waals surface area contributed by atoms with E-state index in [9.17, 15) is 4.79 Å². The molecule has 3 atom stereocenters. The van der Waals surface area contributed by atoms with Gasteiger partial charge in [0.15, 0.2) is 17.6 Å². The molecule has 302 valence electrons. The number of pyridine rings is 1. The molecule has 0 fully saturated rings. The number of nitrogens with one attached hydrogen (secondary N) is 1. The van der Waals surface area contributed by atoms with Crippen molar-refractivity contribution in [2.45, 2.75) is 71.4 Å². The van der Waals surface area contributed by atoms with E-state index < -0.39 is 0 Å². The van der Waals surface area contributed by atoms with Crippen LogP contribution in [0, 0.1) is 13.8 Å². The SMILES string of the molecule is CCC(c1ccccc1)N1Cc2cc3c(cc2CC1C(=O)NCCc1ccc(Oc2ccnc(C)c2C)cc1)OCC(c1ccc(OCc2ccc(Cl)c(Cl)c2)cc1)O3. The lowest BCUT2D eigenvalue weighted by atomic mass is 9.89. The van der Waals surface area contributed by atoms with E-state index in [1.165, 1.54) is 5.56 Å². The molecule has 0 aliphatic carbocycles. The summed E-state index contributed by atoms with van der Waals surface area (Å²) in [4.78, 5) is 20.9. The fourth-order valence-corrected chi connectivity index (χ4v) is 8.17. The average molecular weight is 829 g/mol. The van der Waals surface area contributed by atoms with Gasteiger partial charge in [-0.15, -0.1) is 0 Å². The first-order valence-electron chi connectivity index (χ1n) is 20.1. The number of fused-ring (bicyclic) bond motifs is 2. The van der Waals surface area contributed by atoms with Crippen LogP contribution in [0.1, 0.15) is 70.1 Å². The summed E-state index contributed by atoms with van der Waals surface area (Å²) in [5.41, 5.74) is 8.44. The zero-order chi connectivity index (χ0) is 40.9. The van der Waals surface area contributed by atoms with E-state index in [2.05, 4.69) is 70.7 Å². The second-order valence-electron chi connectivity index (χ2n) is 15.1. The molecular weight excluding hydrogens is 781 g/mol. The van der Waals surface area contributed by atoms with E-state index in [-0.39, 0.29) is 24.1 Å². The Hall–Kier alpha value is -5.54. The third-order valence-electron chi connectivity index (χ3n) is 11.3. The lowest BCUT2D eigenvalue weighted by Gasteiger charge is -2.41. The van der Waals surface area contributed by atoms with Crippen molar-refractivity contribution in [3.63, 3.8) is 0 Å². The standard InChI is InChI=1S/C49H47Cl2N3O5/c1-4-43(35-8-6-5-7-9-35)54-28-38-27-47-46(57-30-48(59-47)36-13-17-39(18-14-36)56-29-34-12-19-41(50)42(51)24-34)26-37(38)25-44(54)49(55)53-22-20-33-10-15-40(16-11-33)58-45-21-23-52-32(3)31(45)2/h5-19,21,23-24,26-27,43-44,48H,4,20,22,25,28-30H2,1-3H3,(H,53,55). The van der Waals surface area contributed by atoms with Crippen LogP contribution in [0.2, 0.25) is 10.0 Å². The maximum absolute atomic E-state index is 14.2. The number of benzene rings is 5. The molecule has 10 heteroatoms. The minimum absolute atomic E-state index is 0.0212. The van der Waals surface area contributed by atoms with Gasteiger partial charge < -0.3 is 24.3 Å². The minimum Gasteiger partial charge on any atom is -0.489 e. The summed E-state index contributed by atoms with van der Waals surface area (Å²) >= 11 is 12.2.